The fourth-order valence-corrected chi connectivity index (χ4v) is 1.81. The van der Waals surface area contributed by atoms with Crippen molar-refractivity contribution in [3.8, 4) is 0 Å². The number of aliphatic carboxylic acids is 1. The van der Waals surface area contributed by atoms with Crippen molar-refractivity contribution in [1.29, 1.82) is 0 Å². The van der Waals surface area contributed by atoms with Crippen molar-refractivity contribution in [2.75, 3.05) is 0 Å². The van der Waals surface area contributed by atoms with Gasteiger partial charge in [-0.25, -0.2) is 4.79 Å². The van der Waals surface area contributed by atoms with Crippen LogP contribution >= 0.6 is 0 Å². The number of hydrogen-bond acceptors (Lipinski definition) is 3. The highest BCUT2D eigenvalue weighted by molar-refractivity contribution is 6.38. The Bertz CT molecular complexity index is 667. The third kappa shape index (κ3) is 1.98. The van der Waals surface area contributed by atoms with Gasteiger partial charge in [-0.15, -0.1) is 0 Å². The molecule has 1 aromatic heterocycles. The molecule has 1 aromatic carbocycles. The molecule has 0 radical (unpaired) electrons. The van der Waals surface area contributed by atoms with Gasteiger partial charge in [0, 0.05) is 35.8 Å². The second-order valence-electron chi connectivity index (χ2n) is 3.87. The quantitative estimate of drug-likeness (QED) is 0.490. The van der Waals surface area contributed by atoms with Crippen LogP contribution in [-0.4, -0.2) is 26.5 Å². The van der Waals surface area contributed by atoms with Gasteiger partial charge in [0.25, 0.3) is 5.78 Å². The Morgan fingerprint density at radius 2 is 1.89 bits per heavy atom. The number of aliphatic hydroxyl groups is 1. The van der Waals surface area contributed by atoms with Crippen LogP contribution in [0.5, 0.6) is 0 Å². The maximum Gasteiger partial charge on any atom is 0.376 e. The van der Waals surface area contributed by atoms with Crippen molar-refractivity contribution in [3.05, 3.63) is 42.1 Å². The van der Waals surface area contributed by atoms with Gasteiger partial charge in [0.05, 0.1) is 0 Å². The minimum absolute atomic E-state index is 0.348. The van der Waals surface area contributed by atoms with Crippen LogP contribution in [0.1, 0.15) is 5.56 Å². The number of aliphatic hydroxyl groups excluding tert-OH is 1. The second-order valence-corrected chi connectivity index (χ2v) is 3.87. The average Bonchev–Trinajstić information content (AvgIpc) is 2.67. The van der Waals surface area contributed by atoms with E-state index in [-0.39, 0.29) is 5.76 Å². The van der Waals surface area contributed by atoms with E-state index in [9.17, 15) is 14.7 Å². The Morgan fingerprint density at radius 1 is 1.22 bits per heavy atom. The number of carbonyl (C=O) groups excluding carboxylic acids is 1. The molecule has 2 rings (SSSR count). The lowest BCUT2D eigenvalue weighted by molar-refractivity contribution is -0.146. The van der Waals surface area contributed by atoms with Gasteiger partial charge in [0.2, 0.25) is 0 Å². The summed E-state index contributed by atoms with van der Waals surface area (Å²) in [6, 6.07) is 7.32. The van der Waals surface area contributed by atoms with Gasteiger partial charge in [-0.05, 0) is 6.07 Å². The summed E-state index contributed by atoms with van der Waals surface area (Å²) in [4.78, 5) is 21.5. The topological polar surface area (TPSA) is 79.5 Å². The molecule has 2 N–H and O–H groups in total. The molecule has 0 spiro atoms. The molecule has 92 valence electrons. The predicted molar refractivity (Wildman–Crippen MR) is 66.2 cm³/mol. The summed E-state index contributed by atoms with van der Waals surface area (Å²) in [5.74, 6) is -3.10. The first-order valence-electron chi connectivity index (χ1n) is 5.23. The number of nitrogens with zero attached hydrogens (tertiary/aromatic N) is 1. The van der Waals surface area contributed by atoms with Crippen molar-refractivity contribution in [1.82, 2.24) is 4.57 Å². The number of carboxylic acids is 1. The SMILES string of the molecule is Cn1cc(C(O)=CC(=O)C(=O)O)c2ccccc21. The molecule has 0 aliphatic carbocycles. The molecule has 1 heterocycles. The molecule has 2 aromatic rings. The maximum atomic E-state index is 11.0. The first-order chi connectivity index (χ1) is 8.50. The fraction of sp³-hybridized carbons (Fsp3) is 0.0769. The highest BCUT2D eigenvalue weighted by Gasteiger charge is 2.14. The van der Waals surface area contributed by atoms with E-state index in [1.807, 2.05) is 12.1 Å². The van der Waals surface area contributed by atoms with Crippen LogP contribution in [0.15, 0.2) is 36.5 Å². The molecule has 5 heteroatoms. The number of benzene rings is 1. The summed E-state index contributed by atoms with van der Waals surface area (Å²) in [5.41, 5.74) is 1.32. The summed E-state index contributed by atoms with van der Waals surface area (Å²) in [6.45, 7) is 0. The first kappa shape index (κ1) is 11.9. The Morgan fingerprint density at radius 3 is 2.56 bits per heavy atom. The summed E-state index contributed by atoms with van der Waals surface area (Å²) < 4.78 is 1.79. The predicted octanol–water partition coefficient (Wildman–Crippen LogP) is 1.73. The lowest BCUT2D eigenvalue weighted by Crippen LogP contribution is -2.09. The van der Waals surface area contributed by atoms with E-state index in [0.717, 1.165) is 10.9 Å². The van der Waals surface area contributed by atoms with Crippen LogP contribution in [0.4, 0.5) is 0 Å². The molecule has 0 bridgehead atoms. The fourth-order valence-electron chi connectivity index (χ4n) is 1.81. The molecule has 0 saturated carbocycles. The number of fused-ring (bicyclic) bond motifs is 1. The molecule has 0 saturated heterocycles. The summed E-state index contributed by atoms with van der Waals surface area (Å²) in [7, 11) is 1.80. The zero-order valence-corrected chi connectivity index (χ0v) is 9.62. The molecular formula is C13H11NO4. The Kier molecular flexibility index (Phi) is 2.89. The average molecular weight is 245 g/mol. The number of hydrogen-bond donors (Lipinski definition) is 2. The minimum Gasteiger partial charge on any atom is -0.507 e. The second kappa shape index (κ2) is 4.37. The molecule has 0 fully saturated rings. The monoisotopic (exact) mass is 245 g/mol. The number of ketones is 1. The third-order valence-electron chi connectivity index (χ3n) is 2.65. The van der Waals surface area contributed by atoms with Crippen LogP contribution in [0, 0.1) is 0 Å². The van der Waals surface area contributed by atoms with E-state index >= 15 is 0 Å². The lowest BCUT2D eigenvalue weighted by Gasteiger charge is -1.96. The van der Waals surface area contributed by atoms with Crippen molar-refractivity contribution in [2.24, 2.45) is 7.05 Å². The number of aromatic nitrogens is 1. The molecule has 5 nitrogen and oxygen atoms in total. The smallest absolute Gasteiger partial charge is 0.376 e. The molecule has 0 unspecified atom stereocenters. The maximum absolute atomic E-state index is 11.0. The van der Waals surface area contributed by atoms with Gasteiger partial charge < -0.3 is 14.8 Å². The van der Waals surface area contributed by atoms with Gasteiger partial charge in [0.1, 0.15) is 5.76 Å². The zero-order chi connectivity index (χ0) is 13.3. The Hall–Kier alpha value is -2.56. The lowest BCUT2D eigenvalue weighted by atomic mass is 10.1. The van der Waals surface area contributed by atoms with Crippen molar-refractivity contribution in [3.63, 3.8) is 0 Å². The van der Waals surface area contributed by atoms with Crippen LogP contribution in [0.25, 0.3) is 16.7 Å². The van der Waals surface area contributed by atoms with Gasteiger partial charge in [-0.1, -0.05) is 18.2 Å². The van der Waals surface area contributed by atoms with E-state index in [1.165, 1.54) is 0 Å². The molecule has 18 heavy (non-hydrogen) atoms. The van der Waals surface area contributed by atoms with E-state index in [4.69, 9.17) is 5.11 Å². The van der Waals surface area contributed by atoms with Crippen LogP contribution in [0.2, 0.25) is 0 Å². The zero-order valence-electron chi connectivity index (χ0n) is 9.62. The van der Waals surface area contributed by atoms with E-state index in [1.54, 1.807) is 29.9 Å². The highest BCUT2D eigenvalue weighted by atomic mass is 16.4. The molecular weight excluding hydrogens is 234 g/mol. The molecule has 0 amide bonds. The van der Waals surface area contributed by atoms with E-state index in [2.05, 4.69) is 0 Å². The minimum atomic E-state index is -1.60. The Balaban J connectivity index is 2.55. The van der Waals surface area contributed by atoms with Gasteiger partial charge in [-0.3, -0.25) is 4.79 Å². The Labute approximate surface area is 103 Å². The summed E-state index contributed by atoms with van der Waals surface area (Å²) in [5, 5.41) is 19.1. The molecule has 0 aliphatic heterocycles. The third-order valence-corrected chi connectivity index (χ3v) is 2.65. The number of carbonyl (C=O) groups is 2. The highest BCUT2D eigenvalue weighted by Crippen LogP contribution is 2.25. The normalized spacial score (nSPS) is 11.7. The molecule has 0 atom stereocenters. The number of para-hydroxylation sites is 1. The first-order valence-corrected chi connectivity index (χ1v) is 5.23. The number of carboxylic acid groups (broad SMARTS) is 1. The van der Waals surface area contributed by atoms with Crippen LogP contribution < -0.4 is 0 Å². The van der Waals surface area contributed by atoms with Crippen molar-refractivity contribution in [2.45, 2.75) is 0 Å². The van der Waals surface area contributed by atoms with Gasteiger partial charge in [0.15, 0.2) is 0 Å². The van der Waals surface area contributed by atoms with Crippen molar-refractivity contribution < 1.29 is 19.8 Å². The number of rotatable bonds is 3. The van der Waals surface area contributed by atoms with Crippen LogP contribution in [-0.2, 0) is 16.6 Å². The van der Waals surface area contributed by atoms with E-state index < -0.39 is 11.8 Å². The van der Waals surface area contributed by atoms with E-state index in [0.29, 0.717) is 11.6 Å². The summed E-state index contributed by atoms with van der Waals surface area (Å²) in [6.07, 6.45) is 2.36. The van der Waals surface area contributed by atoms with Crippen molar-refractivity contribution >= 4 is 28.4 Å². The summed E-state index contributed by atoms with van der Waals surface area (Å²) >= 11 is 0. The number of aryl methyl sites for hydroxylation is 1. The largest absolute Gasteiger partial charge is 0.507 e. The van der Waals surface area contributed by atoms with Gasteiger partial charge >= 0.3 is 5.97 Å². The molecule has 0 aliphatic rings. The van der Waals surface area contributed by atoms with Gasteiger partial charge in [-0.2, -0.15) is 0 Å². The standard InChI is InChI=1S/C13H11NO4/c1-14-7-9(8-4-2-3-5-10(8)14)11(15)6-12(16)13(17)18/h2-7,15H,1H3,(H,17,18). The van der Waals surface area contributed by atoms with Crippen LogP contribution in [0.3, 0.4) is 0 Å².